The summed E-state index contributed by atoms with van der Waals surface area (Å²) in [7, 11) is 0. The summed E-state index contributed by atoms with van der Waals surface area (Å²) in [5.41, 5.74) is 0.503. The molecule has 0 unspecified atom stereocenters. The lowest BCUT2D eigenvalue weighted by molar-refractivity contribution is -0.154. The Morgan fingerprint density at radius 1 is 1.38 bits per heavy atom. The van der Waals surface area contributed by atoms with Gasteiger partial charge in [-0.1, -0.05) is 18.2 Å². The lowest BCUT2D eigenvalue weighted by Gasteiger charge is -2.17. The second-order valence-corrected chi connectivity index (χ2v) is 5.35. The average molecular weight is 342 g/mol. The van der Waals surface area contributed by atoms with Crippen LogP contribution in [0.2, 0.25) is 0 Å². The maximum Gasteiger partial charge on any atom is 0.422 e. The Balaban J connectivity index is 2.01. The second-order valence-electron chi connectivity index (χ2n) is 5.35. The Bertz CT molecular complexity index is 579. The zero-order chi connectivity index (χ0) is 17.4. The number of aliphatic imine (C=N–C) groups is 1. The third kappa shape index (κ3) is 6.10. The molecule has 0 fully saturated rings. The lowest BCUT2D eigenvalue weighted by Crippen LogP contribution is -2.42. The van der Waals surface area contributed by atoms with Gasteiger partial charge in [0.1, 0.15) is 0 Å². The van der Waals surface area contributed by atoms with E-state index in [0.29, 0.717) is 18.1 Å². The zero-order valence-electron chi connectivity index (χ0n) is 13.4. The molecule has 1 aromatic rings. The van der Waals surface area contributed by atoms with Crippen molar-refractivity contribution in [3.63, 3.8) is 0 Å². The van der Waals surface area contributed by atoms with Crippen molar-refractivity contribution in [2.24, 2.45) is 4.99 Å². The number of nitrogens with zero attached hydrogens (tertiary/aromatic N) is 2. The number of aromatic nitrogens is 1. The van der Waals surface area contributed by atoms with Crippen LogP contribution in [0.15, 0.2) is 35.5 Å². The van der Waals surface area contributed by atoms with Crippen molar-refractivity contribution < 1.29 is 17.9 Å². The van der Waals surface area contributed by atoms with Crippen molar-refractivity contribution in [3.8, 4) is 5.88 Å². The monoisotopic (exact) mass is 342 g/mol. The van der Waals surface area contributed by atoms with Gasteiger partial charge in [0.25, 0.3) is 0 Å². The van der Waals surface area contributed by atoms with Crippen LogP contribution >= 0.6 is 0 Å². The van der Waals surface area contributed by atoms with Crippen molar-refractivity contribution >= 4 is 5.96 Å². The standard InChI is InChI=1S/C16H21F3N4O/c1-2-20-15(23-13-7-3-4-8-13)22-10-12-6-5-9-21-14(12)24-11-16(17,18)19/h3-6,9,13H,2,7-8,10-11H2,1H3,(H2,20,22,23). The van der Waals surface area contributed by atoms with Gasteiger partial charge in [-0.25, -0.2) is 9.98 Å². The van der Waals surface area contributed by atoms with E-state index in [-0.39, 0.29) is 18.5 Å². The third-order valence-corrected chi connectivity index (χ3v) is 3.32. The van der Waals surface area contributed by atoms with Crippen LogP contribution in [-0.4, -0.2) is 36.3 Å². The molecule has 0 saturated carbocycles. The molecule has 0 atom stereocenters. The number of halogens is 3. The molecule has 2 N–H and O–H groups in total. The molecule has 1 aromatic heterocycles. The van der Waals surface area contributed by atoms with E-state index in [1.54, 1.807) is 12.1 Å². The van der Waals surface area contributed by atoms with Gasteiger partial charge in [-0.15, -0.1) is 0 Å². The predicted octanol–water partition coefficient (Wildman–Crippen LogP) is 2.80. The van der Waals surface area contributed by atoms with Crippen molar-refractivity contribution in [2.75, 3.05) is 13.2 Å². The van der Waals surface area contributed by atoms with Gasteiger partial charge in [0, 0.05) is 24.3 Å². The Labute approximate surface area is 139 Å². The maximum atomic E-state index is 12.3. The Hall–Kier alpha value is -2.25. The fourth-order valence-corrected chi connectivity index (χ4v) is 2.24. The van der Waals surface area contributed by atoms with E-state index in [4.69, 9.17) is 4.74 Å². The van der Waals surface area contributed by atoms with Crippen LogP contribution in [-0.2, 0) is 6.54 Å². The van der Waals surface area contributed by atoms with Crippen LogP contribution in [0.5, 0.6) is 5.88 Å². The molecule has 2 rings (SSSR count). The molecule has 1 aliphatic carbocycles. The number of alkyl halides is 3. The molecule has 1 heterocycles. The van der Waals surface area contributed by atoms with E-state index >= 15 is 0 Å². The van der Waals surface area contributed by atoms with Crippen molar-refractivity contribution in [1.82, 2.24) is 15.6 Å². The van der Waals surface area contributed by atoms with Crippen LogP contribution in [0, 0.1) is 0 Å². The van der Waals surface area contributed by atoms with Crippen LogP contribution in [0.25, 0.3) is 0 Å². The Morgan fingerprint density at radius 2 is 2.12 bits per heavy atom. The van der Waals surface area contributed by atoms with Crippen LogP contribution in [0.3, 0.4) is 0 Å². The first-order valence-electron chi connectivity index (χ1n) is 7.81. The normalized spacial score (nSPS) is 15.6. The minimum absolute atomic E-state index is 0.0445. The number of rotatable bonds is 6. The van der Waals surface area contributed by atoms with Gasteiger partial charge >= 0.3 is 6.18 Å². The fourth-order valence-electron chi connectivity index (χ4n) is 2.24. The summed E-state index contributed by atoms with van der Waals surface area (Å²) in [6.45, 7) is 1.45. The highest BCUT2D eigenvalue weighted by Gasteiger charge is 2.29. The molecule has 0 spiro atoms. The molecular formula is C16H21F3N4O. The molecule has 1 aliphatic rings. The second kappa shape index (κ2) is 8.56. The Morgan fingerprint density at radius 3 is 2.79 bits per heavy atom. The molecule has 0 aromatic carbocycles. The summed E-state index contributed by atoms with van der Waals surface area (Å²) in [6.07, 6.45) is 3.06. The van der Waals surface area contributed by atoms with Gasteiger partial charge in [0.15, 0.2) is 12.6 Å². The highest BCUT2D eigenvalue weighted by molar-refractivity contribution is 5.80. The van der Waals surface area contributed by atoms with Crippen LogP contribution in [0.4, 0.5) is 13.2 Å². The summed E-state index contributed by atoms with van der Waals surface area (Å²) in [5, 5.41) is 6.42. The van der Waals surface area contributed by atoms with Crippen LogP contribution in [0.1, 0.15) is 25.3 Å². The molecule has 0 radical (unpaired) electrons. The quantitative estimate of drug-likeness (QED) is 0.474. The van der Waals surface area contributed by atoms with Crippen LogP contribution < -0.4 is 15.4 Å². The Kier molecular flexibility index (Phi) is 6.45. The minimum atomic E-state index is -4.40. The summed E-state index contributed by atoms with van der Waals surface area (Å²) < 4.78 is 41.7. The molecule has 8 heteroatoms. The highest BCUT2D eigenvalue weighted by atomic mass is 19.4. The first-order valence-corrected chi connectivity index (χ1v) is 7.81. The van der Waals surface area contributed by atoms with Gasteiger partial charge < -0.3 is 15.4 Å². The summed E-state index contributed by atoms with van der Waals surface area (Å²) in [4.78, 5) is 8.28. The summed E-state index contributed by atoms with van der Waals surface area (Å²) >= 11 is 0. The van der Waals surface area contributed by atoms with Gasteiger partial charge in [-0.05, 0) is 25.8 Å². The first kappa shape index (κ1) is 18.1. The first-order chi connectivity index (χ1) is 11.5. The topological polar surface area (TPSA) is 58.5 Å². The van der Waals surface area contributed by atoms with Crippen molar-refractivity contribution in [3.05, 3.63) is 36.0 Å². The molecular weight excluding hydrogens is 321 g/mol. The van der Waals surface area contributed by atoms with E-state index < -0.39 is 12.8 Å². The lowest BCUT2D eigenvalue weighted by atomic mass is 10.2. The average Bonchev–Trinajstić information content (AvgIpc) is 3.04. The van der Waals surface area contributed by atoms with E-state index in [0.717, 1.165) is 12.8 Å². The molecule has 0 bridgehead atoms. The predicted molar refractivity (Wildman–Crippen MR) is 85.9 cm³/mol. The number of hydrogen-bond donors (Lipinski definition) is 2. The molecule has 0 amide bonds. The third-order valence-electron chi connectivity index (χ3n) is 3.32. The number of pyridine rings is 1. The van der Waals surface area contributed by atoms with E-state index in [1.165, 1.54) is 6.20 Å². The molecule has 132 valence electrons. The maximum absolute atomic E-state index is 12.3. The highest BCUT2D eigenvalue weighted by Crippen LogP contribution is 2.20. The molecule has 0 aliphatic heterocycles. The number of guanidine groups is 1. The van der Waals surface area contributed by atoms with E-state index in [1.807, 2.05) is 6.92 Å². The number of hydrogen-bond acceptors (Lipinski definition) is 3. The van der Waals surface area contributed by atoms with Gasteiger partial charge in [-0.3, -0.25) is 0 Å². The van der Waals surface area contributed by atoms with Gasteiger partial charge in [0.05, 0.1) is 6.54 Å². The summed E-state index contributed by atoms with van der Waals surface area (Å²) in [6, 6.07) is 3.59. The van der Waals surface area contributed by atoms with E-state index in [2.05, 4.69) is 32.8 Å². The largest absolute Gasteiger partial charge is 0.468 e. The van der Waals surface area contributed by atoms with Gasteiger partial charge in [0.2, 0.25) is 5.88 Å². The molecule has 5 nitrogen and oxygen atoms in total. The zero-order valence-corrected chi connectivity index (χ0v) is 13.4. The SMILES string of the molecule is CCNC(=NCc1cccnc1OCC(F)(F)F)NC1CC=CC1. The number of nitrogens with one attached hydrogen (secondary N) is 2. The number of ether oxygens (including phenoxy) is 1. The van der Waals surface area contributed by atoms with Crippen molar-refractivity contribution in [1.29, 1.82) is 0 Å². The molecule has 24 heavy (non-hydrogen) atoms. The smallest absolute Gasteiger partial charge is 0.422 e. The van der Waals surface area contributed by atoms with E-state index in [9.17, 15) is 13.2 Å². The fraction of sp³-hybridized carbons (Fsp3) is 0.500. The summed E-state index contributed by atoms with van der Waals surface area (Å²) in [5.74, 6) is 0.578. The molecule has 0 saturated heterocycles. The van der Waals surface area contributed by atoms with Gasteiger partial charge in [-0.2, -0.15) is 13.2 Å². The van der Waals surface area contributed by atoms with Crippen molar-refractivity contribution in [2.45, 2.75) is 38.5 Å². The minimum Gasteiger partial charge on any atom is -0.468 e.